The van der Waals surface area contributed by atoms with Crippen molar-refractivity contribution < 1.29 is 23.1 Å². The zero-order valence-electron chi connectivity index (χ0n) is 3.64. The zero-order valence-corrected chi connectivity index (χ0v) is 3.64. The standard InChI is InChI=1S/C3H3F3O2/c4-3(5,6)2(8)1-7/h1-2,8H. The molecule has 0 saturated carbocycles. The van der Waals surface area contributed by atoms with Crippen LogP contribution in [0.1, 0.15) is 0 Å². The summed E-state index contributed by atoms with van der Waals surface area (Å²) in [6, 6.07) is 0. The van der Waals surface area contributed by atoms with Crippen LogP contribution in [0.25, 0.3) is 0 Å². The number of alkyl halides is 3. The molecule has 0 heterocycles. The second-order valence-electron chi connectivity index (χ2n) is 1.12. The minimum Gasteiger partial charge on any atom is -0.377 e. The van der Waals surface area contributed by atoms with Crippen molar-refractivity contribution in [2.75, 3.05) is 0 Å². The molecule has 0 aliphatic heterocycles. The summed E-state index contributed by atoms with van der Waals surface area (Å²) in [4.78, 5) is 9.18. The van der Waals surface area contributed by atoms with E-state index in [0.717, 1.165) is 0 Å². The van der Waals surface area contributed by atoms with Crippen LogP contribution in [0.5, 0.6) is 0 Å². The molecule has 1 atom stereocenters. The summed E-state index contributed by atoms with van der Waals surface area (Å²) in [6.07, 6.45) is -8.20. The molecule has 0 rings (SSSR count). The molecule has 0 saturated heterocycles. The Bertz CT molecular complexity index is 87.0. The van der Waals surface area contributed by atoms with Gasteiger partial charge in [0.15, 0.2) is 6.29 Å². The van der Waals surface area contributed by atoms with Crippen LogP contribution >= 0.6 is 0 Å². The van der Waals surface area contributed by atoms with Gasteiger partial charge in [0.05, 0.1) is 0 Å². The lowest BCUT2D eigenvalue weighted by Gasteiger charge is -2.05. The molecule has 0 amide bonds. The molecule has 0 radical (unpaired) electrons. The van der Waals surface area contributed by atoms with E-state index in [-0.39, 0.29) is 0 Å². The van der Waals surface area contributed by atoms with E-state index in [2.05, 4.69) is 0 Å². The first-order chi connectivity index (χ1) is 3.48. The maximum atomic E-state index is 11.0. The van der Waals surface area contributed by atoms with Gasteiger partial charge in [-0.2, -0.15) is 13.2 Å². The van der Waals surface area contributed by atoms with Gasteiger partial charge < -0.3 is 9.90 Å². The first-order valence-electron chi connectivity index (χ1n) is 1.68. The summed E-state index contributed by atoms with van der Waals surface area (Å²) in [5.41, 5.74) is 0. The SMILES string of the molecule is O=CC(O)C(F)(F)F. The molecule has 1 N–H and O–H groups in total. The van der Waals surface area contributed by atoms with Crippen LogP contribution in [0.4, 0.5) is 13.2 Å². The first-order valence-corrected chi connectivity index (χ1v) is 1.68. The molecule has 1 unspecified atom stereocenters. The minimum absolute atomic E-state index is 0.569. The fraction of sp³-hybridized carbons (Fsp3) is 0.667. The Hall–Kier alpha value is -0.580. The smallest absolute Gasteiger partial charge is 0.377 e. The molecular weight excluding hydrogens is 125 g/mol. The number of carbonyl (C=O) groups excluding carboxylic acids is 1. The summed E-state index contributed by atoms with van der Waals surface area (Å²) in [5.74, 6) is 0. The van der Waals surface area contributed by atoms with Crippen molar-refractivity contribution in [3.63, 3.8) is 0 Å². The number of aldehydes is 1. The molecule has 48 valence electrons. The van der Waals surface area contributed by atoms with Gasteiger partial charge in [-0.1, -0.05) is 0 Å². The number of carbonyl (C=O) groups is 1. The molecule has 0 aromatic rings. The number of hydrogen-bond acceptors (Lipinski definition) is 2. The van der Waals surface area contributed by atoms with E-state index >= 15 is 0 Å². The Morgan fingerprint density at radius 1 is 1.50 bits per heavy atom. The van der Waals surface area contributed by atoms with Gasteiger partial charge in [0.25, 0.3) is 0 Å². The Kier molecular flexibility index (Phi) is 1.97. The zero-order chi connectivity index (χ0) is 6.78. The van der Waals surface area contributed by atoms with Crippen molar-refractivity contribution in [2.24, 2.45) is 0 Å². The van der Waals surface area contributed by atoms with Crippen LogP contribution < -0.4 is 0 Å². The van der Waals surface area contributed by atoms with Crippen LogP contribution in [0.15, 0.2) is 0 Å². The average Bonchev–Trinajstić information content (AvgIpc) is 1.62. The molecule has 0 fully saturated rings. The van der Waals surface area contributed by atoms with E-state index in [9.17, 15) is 18.0 Å². The third-order valence-corrected chi connectivity index (χ3v) is 0.464. The van der Waals surface area contributed by atoms with Gasteiger partial charge in [-0.25, -0.2) is 0 Å². The number of rotatable bonds is 1. The Morgan fingerprint density at radius 2 is 1.88 bits per heavy atom. The van der Waals surface area contributed by atoms with Crippen molar-refractivity contribution >= 4 is 6.29 Å². The quantitative estimate of drug-likeness (QED) is 0.509. The molecule has 0 aromatic carbocycles. The average molecular weight is 128 g/mol. The van der Waals surface area contributed by atoms with Crippen molar-refractivity contribution in [1.29, 1.82) is 0 Å². The van der Waals surface area contributed by atoms with Crippen LogP contribution in [0.3, 0.4) is 0 Å². The van der Waals surface area contributed by atoms with E-state index in [1.54, 1.807) is 0 Å². The Balaban J connectivity index is 3.80. The van der Waals surface area contributed by atoms with Gasteiger partial charge in [0.2, 0.25) is 6.10 Å². The topological polar surface area (TPSA) is 37.3 Å². The van der Waals surface area contributed by atoms with E-state index in [1.807, 2.05) is 0 Å². The summed E-state index contributed by atoms with van der Waals surface area (Å²) in [5, 5.41) is 7.70. The highest BCUT2D eigenvalue weighted by Gasteiger charge is 2.37. The van der Waals surface area contributed by atoms with Crippen molar-refractivity contribution in [3.8, 4) is 0 Å². The van der Waals surface area contributed by atoms with Gasteiger partial charge in [0, 0.05) is 0 Å². The molecule has 0 spiro atoms. The van der Waals surface area contributed by atoms with Gasteiger partial charge >= 0.3 is 6.18 Å². The van der Waals surface area contributed by atoms with Crippen molar-refractivity contribution in [2.45, 2.75) is 12.3 Å². The molecular formula is C3H3F3O2. The maximum absolute atomic E-state index is 11.0. The van der Waals surface area contributed by atoms with E-state index in [0.29, 0.717) is 0 Å². The third kappa shape index (κ3) is 1.92. The Morgan fingerprint density at radius 3 is 1.88 bits per heavy atom. The maximum Gasteiger partial charge on any atom is 0.421 e. The lowest BCUT2D eigenvalue weighted by Crippen LogP contribution is -2.29. The summed E-state index contributed by atoms with van der Waals surface area (Å²) in [6.45, 7) is 0. The molecule has 2 nitrogen and oxygen atoms in total. The highest BCUT2D eigenvalue weighted by Crippen LogP contribution is 2.17. The largest absolute Gasteiger partial charge is 0.421 e. The monoisotopic (exact) mass is 128 g/mol. The predicted molar refractivity (Wildman–Crippen MR) is 18.1 cm³/mol. The van der Waals surface area contributed by atoms with Gasteiger partial charge in [-0.15, -0.1) is 0 Å². The second kappa shape index (κ2) is 2.13. The van der Waals surface area contributed by atoms with Gasteiger partial charge in [0.1, 0.15) is 0 Å². The predicted octanol–water partition coefficient (Wildman–Crippen LogP) is 0.108. The second-order valence-corrected chi connectivity index (χ2v) is 1.12. The van der Waals surface area contributed by atoms with Crippen molar-refractivity contribution in [1.82, 2.24) is 0 Å². The molecule has 5 heteroatoms. The lowest BCUT2D eigenvalue weighted by atomic mass is 10.4. The van der Waals surface area contributed by atoms with E-state index < -0.39 is 18.6 Å². The molecule has 0 aliphatic carbocycles. The molecule has 0 aliphatic rings. The molecule has 0 aromatic heterocycles. The fourth-order valence-corrected chi connectivity index (χ4v) is 0.0772. The van der Waals surface area contributed by atoms with E-state index in [1.165, 1.54) is 0 Å². The number of aliphatic hydroxyl groups excluding tert-OH is 1. The minimum atomic E-state index is -4.80. The van der Waals surface area contributed by atoms with Crippen molar-refractivity contribution in [3.05, 3.63) is 0 Å². The summed E-state index contributed by atoms with van der Waals surface area (Å²) < 4.78 is 32.9. The fourth-order valence-electron chi connectivity index (χ4n) is 0.0772. The van der Waals surface area contributed by atoms with Gasteiger partial charge in [-0.3, -0.25) is 0 Å². The first kappa shape index (κ1) is 7.42. The highest BCUT2D eigenvalue weighted by atomic mass is 19.4. The number of aliphatic hydroxyl groups is 1. The van der Waals surface area contributed by atoms with Gasteiger partial charge in [-0.05, 0) is 0 Å². The molecule has 8 heavy (non-hydrogen) atoms. The summed E-state index contributed by atoms with van der Waals surface area (Å²) in [7, 11) is 0. The van der Waals surface area contributed by atoms with Crippen LogP contribution in [0.2, 0.25) is 0 Å². The number of hydrogen-bond donors (Lipinski definition) is 1. The Labute approximate surface area is 42.9 Å². The van der Waals surface area contributed by atoms with Crippen LogP contribution in [-0.4, -0.2) is 23.7 Å². The van der Waals surface area contributed by atoms with Crippen LogP contribution in [0, 0.1) is 0 Å². The normalized spacial score (nSPS) is 15.5. The van der Waals surface area contributed by atoms with Crippen LogP contribution in [-0.2, 0) is 4.79 Å². The third-order valence-electron chi connectivity index (χ3n) is 0.464. The number of halogens is 3. The molecule has 0 bridgehead atoms. The highest BCUT2D eigenvalue weighted by molar-refractivity contribution is 5.56. The van der Waals surface area contributed by atoms with E-state index in [4.69, 9.17) is 5.11 Å². The summed E-state index contributed by atoms with van der Waals surface area (Å²) >= 11 is 0. The lowest BCUT2D eigenvalue weighted by molar-refractivity contribution is -0.197.